The standard InChI is InChI=1S/C13H25F3OSe/c1-2-3-4-5-6-7-8-9-10-11-12-18(17)13(14,15)16/h2-12H2,1H3. The SMILES string of the molecule is CCCCCCCCCCCC[Se](=O)C(F)(F)F. The maximum atomic E-state index is 12.0. The van der Waals surface area contributed by atoms with Crippen LogP contribution in [0.4, 0.5) is 13.2 Å². The van der Waals surface area contributed by atoms with Gasteiger partial charge < -0.3 is 0 Å². The molecule has 0 fully saturated rings. The Morgan fingerprint density at radius 1 is 0.778 bits per heavy atom. The zero-order valence-corrected chi connectivity index (χ0v) is 12.9. The van der Waals surface area contributed by atoms with Crippen molar-refractivity contribution in [3.63, 3.8) is 0 Å². The number of halogens is 3. The number of alkyl halides is 3. The summed E-state index contributed by atoms with van der Waals surface area (Å²) < 4.78 is 46.7. The van der Waals surface area contributed by atoms with Crippen molar-refractivity contribution in [2.45, 2.75) is 81.5 Å². The fraction of sp³-hybridized carbons (Fsp3) is 1.00. The van der Waals surface area contributed by atoms with Gasteiger partial charge >= 0.3 is 112 Å². The molecule has 0 amide bonds. The molecule has 0 heterocycles. The van der Waals surface area contributed by atoms with Crippen molar-refractivity contribution in [1.29, 1.82) is 0 Å². The van der Waals surface area contributed by atoms with E-state index in [1.54, 1.807) is 0 Å². The maximum absolute atomic E-state index is 12.0. The summed E-state index contributed by atoms with van der Waals surface area (Å²) in [6.07, 6.45) is 10.9. The molecule has 0 aromatic heterocycles. The van der Waals surface area contributed by atoms with Gasteiger partial charge in [-0.1, -0.05) is 0 Å². The third kappa shape index (κ3) is 11.2. The van der Waals surface area contributed by atoms with E-state index in [-0.39, 0.29) is 5.32 Å². The first-order valence-electron chi connectivity index (χ1n) is 6.93. The Hall–Kier alpha value is 0.109. The van der Waals surface area contributed by atoms with Crippen LogP contribution in [-0.2, 0) is 3.83 Å². The summed E-state index contributed by atoms with van der Waals surface area (Å²) in [5.74, 6) is 0. The first-order chi connectivity index (χ1) is 8.48. The summed E-state index contributed by atoms with van der Waals surface area (Å²) in [6.45, 7) is 2.19. The summed E-state index contributed by atoms with van der Waals surface area (Å²) in [5.41, 5.74) is 0. The van der Waals surface area contributed by atoms with Gasteiger partial charge in [0.05, 0.1) is 0 Å². The van der Waals surface area contributed by atoms with Crippen LogP contribution in [0.25, 0.3) is 0 Å². The summed E-state index contributed by atoms with van der Waals surface area (Å²) in [5, 5.41) is -4.57. The van der Waals surface area contributed by atoms with Crippen LogP contribution in [-0.4, -0.2) is 18.9 Å². The molecule has 0 aromatic carbocycles. The third-order valence-corrected chi connectivity index (χ3v) is 5.41. The molecule has 5 heteroatoms. The summed E-state index contributed by atoms with van der Waals surface area (Å²) in [7, 11) is 0. The van der Waals surface area contributed by atoms with E-state index in [1.165, 1.54) is 38.5 Å². The summed E-state index contributed by atoms with van der Waals surface area (Å²) in [4.78, 5) is 0. The Bertz CT molecular complexity index is 217. The van der Waals surface area contributed by atoms with Crippen LogP contribution in [0.5, 0.6) is 0 Å². The molecule has 1 unspecified atom stereocenters. The fourth-order valence-corrected chi connectivity index (χ4v) is 3.30. The monoisotopic (exact) mass is 334 g/mol. The predicted molar refractivity (Wildman–Crippen MR) is 69.1 cm³/mol. The molecule has 0 aliphatic heterocycles. The molecule has 0 N–H and O–H groups in total. The molecular weight excluding hydrogens is 308 g/mol. The molecule has 0 spiro atoms. The van der Waals surface area contributed by atoms with Gasteiger partial charge in [-0.15, -0.1) is 0 Å². The average molecular weight is 333 g/mol. The molecule has 0 aromatic rings. The second kappa shape index (κ2) is 11.0. The van der Waals surface area contributed by atoms with Crippen LogP contribution in [0.3, 0.4) is 0 Å². The van der Waals surface area contributed by atoms with Crippen molar-refractivity contribution in [3.05, 3.63) is 0 Å². The first kappa shape index (κ1) is 18.1. The second-order valence-corrected chi connectivity index (χ2v) is 7.95. The Balaban J connectivity index is 3.19. The van der Waals surface area contributed by atoms with Crippen molar-refractivity contribution in [2.75, 3.05) is 0 Å². The van der Waals surface area contributed by atoms with Crippen LogP contribution < -0.4 is 0 Å². The molecule has 0 aliphatic rings. The molecule has 110 valence electrons. The predicted octanol–water partition coefficient (Wildman–Crippen LogP) is 5.43. The van der Waals surface area contributed by atoms with E-state index >= 15 is 0 Å². The molecule has 1 nitrogen and oxygen atoms in total. The molecule has 0 bridgehead atoms. The van der Waals surface area contributed by atoms with Crippen molar-refractivity contribution < 1.29 is 17.0 Å². The van der Waals surface area contributed by atoms with Crippen LogP contribution in [0.15, 0.2) is 0 Å². The summed E-state index contributed by atoms with van der Waals surface area (Å²) in [6, 6.07) is 0. The second-order valence-electron chi connectivity index (χ2n) is 4.68. The minimum absolute atomic E-state index is 0.139. The third-order valence-electron chi connectivity index (χ3n) is 2.94. The van der Waals surface area contributed by atoms with Gasteiger partial charge in [0.1, 0.15) is 0 Å². The molecule has 0 radical (unpaired) electrons. The first-order valence-corrected chi connectivity index (χ1v) is 9.70. The van der Waals surface area contributed by atoms with Gasteiger partial charge in [0.2, 0.25) is 0 Å². The van der Waals surface area contributed by atoms with Crippen molar-refractivity contribution in [2.24, 2.45) is 0 Å². The number of unbranched alkanes of at least 4 members (excludes halogenated alkanes) is 9. The Labute approximate surface area is 113 Å². The van der Waals surface area contributed by atoms with E-state index in [9.17, 15) is 17.0 Å². The average Bonchev–Trinajstić information content (AvgIpc) is 2.30. The Kier molecular flexibility index (Phi) is 11.0. The fourth-order valence-electron chi connectivity index (χ4n) is 1.84. The Morgan fingerprint density at radius 3 is 1.56 bits per heavy atom. The van der Waals surface area contributed by atoms with Crippen molar-refractivity contribution in [1.82, 2.24) is 0 Å². The summed E-state index contributed by atoms with van der Waals surface area (Å²) >= 11 is -3.58. The van der Waals surface area contributed by atoms with E-state index in [0.29, 0.717) is 6.42 Å². The number of hydrogen-bond acceptors (Lipinski definition) is 1. The normalized spacial score (nSPS) is 13.8. The zero-order valence-electron chi connectivity index (χ0n) is 11.2. The zero-order chi connectivity index (χ0) is 13.9. The van der Waals surface area contributed by atoms with Gasteiger partial charge in [0, 0.05) is 0 Å². The molecule has 1 atom stereocenters. The van der Waals surface area contributed by atoms with Gasteiger partial charge in [-0.05, 0) is 0 Å². The molecule has 0 aliphatic carbocycles. The molecule has 0 rings (SSSR count). The van der Waals surface area contributed by atoms with Gasteiger partial charge in [-0.2, -0.15) is 0 Å². The molecule has 0 saturated carbocycles. The van der Waals surface area contributed by atoms with Crippen LogP contribution in [0, 0.1) is 0 Å². The number of hydrogen-bond donors (Lipinski definition) is 0. The van der Waals surface area contributed by atoms with E-state index < -0.39 is 18.9 Å². The van der Waals surface area contributed by atoms with Gasteiger partial charge in [0.25, 0.3) is 0 Å². The van der Waals surface area contributed by atoms with Crippen molar-refractivity contribution >= 4 is 13.8 Å². The van der Waals surface area contributed by atoms with E-state index in [0.717, 1.165) is 19.3 Å². The van der Waals surface area contributed by atoms with Crippen LogP contribution >= 0.6 is 0 Å². The van der Waals surface area contributed by atoms with E-state index in [2.05, 4.69) is 6.92 Å². The topological polar surface area (TPSA) is 17.1 Å². The van der Waals surface area contributed by atoms with Crippen LogP contribution in [0.1, 0.15) is 71.1 Å². The molecular formula is C13H25F3OSe. The van der Waals surface area contributed by atoms with Gasteiger partial charge in [0.15, 0.2) is 0 Å². The van der Waals surface area contributed by atoms with Gasteiger partial charge in [-0.25, -0.2) is 0 Å². The number of rotatable bonds is 11. The van der Waals surface area contributed by atoms with Gasteiger partial charge in [-0.3, -0.25) is 0 Å². The quantitative estimate of drug-likeness (QED) is 0.364. The van der Waals surface area contributed by atoms with Crippen molar-refractivity contribution in [3.8, 4) is 0 Å². The molecule has 18 heavy (non-hydrogen) atoms. The molecule has 0 saturated heterocycles. The van der Waals surface area contributed by atoms with E-state index in [4.69, 9.17) is 0 Å². The Morgan fingerprint density at radius 2 is 1.17 bits per heavy atom. The van der Waals surface area contributed by atoms with Crippen LogP contribution in [0.2, 0.25) is 5.32 Å². The minimum atomic E-state index is -4.43. The van der Waals surface area contributed by atoms with E-state index in [1.807, 2.05) is 0 Å².